The Morgan fingerprint density at radius 2 is 1.08 bits per heavy atom. The maximum atomic E-state index is 5.71. The van der Waals surface area contributed by atoms with Crippen molar-refractivity contribution in [3.63, 3.8) is 0 Å². The molecule has 2 nitrogen and oxygen atoms in total. The zero-order valence-corrected chi connectivity index (χ0v) is 16.9. The first kappa shape index (κ1) is 18.5. The highest BCUT2D eigenvalue weighted by Gasteiger charge is 2.25. The van der Waals surface area contributed by atoms with Crippen LogP contribution in [0.1, 0.15) is 16.7 Å². The van der Waals surface area contributed by atoms with Gasteiger partial charge in [0.2, 0.25) is 0 Å². The predicted octanol–water partition coefficient (Wildman–Crippen LogP) is 4.39. The number of ether oxygens (including phenoxy) is 2. The summed E-state index contributed by atoms with van der Waals surface area (Å²) in [5, 5.41) is 3.76. The van der Waals surface area contributed by atoms with E-state index in [9.17, 15) is 0 Å². The van der Waals surface area contributed by atoms with E-state index in [4.69, 9.17) is 9.47 Å². The van der Waals surface area contributed by atoms with Crippen LogP contribution in [-0.4, -0.2) is 14.2 Å². The molecule has 0 saturated heterocycles. The van der Waals surface area contributed by atoms with Gasteiger partial charge in [-0.25, -0.2) is 0 Å². The van der Waals surface area contributed by atoms with Crippen LogP contribution in [0, 0.1) is 20.8 Å². The summed E-state index contributed by atoms with van der Waals surface area (Å²) in [5.74, 6) is 1.84. The van der Waals surface area contributed by atoms with Gasteiger partial charge in [-0.1, -0.05) is 48.5 Å². The third kappa shape index (κ3) is 3.34. The van der Waals surface area contributed by atoms with Gasteiger partial charge in [0.25, 0.3) is 0 Å². The minimum Gasteiger partial charge on any atom is -0.496 e. The number of para-hydroxylation sites is 2. The smallest absolute Gasteiger partial charge is 0.127 e. The molecule has 26 heavy (non-hydrogen) atoms. The fourth-order valence-electron chi connectivity index (χ4n) is 3.20. The van der Waals surface area contributed by atoms with Crippen molar-refractivity contribution in [3.05, 3.63) is 77.4 Å². The molecule has 0 heterocycles. The SMILES string of the molecule is COc1ccccc1P(c1ccccc1OC)c1ccc(C)c(C)c1C. The van der Waals surface area contributed by atoms with Crippen LogP contribution < -0.4 is 25.4 Å². The van der Waals surface area contributed by atoms with Crippen LogP contribution in [0.25, 0.3) is 0 Å². The summed E-state index contributed by atoms with van der Waals surface area (Å²) >= 11 is 0. The first-order chi connectivity index (χ1) is 12.6. The third-order valence-electron chi connectivity index (χ3n) is 4.92. The summed E-state index contributed by atoms with van der Waals surface area (Å²) in [7, 11) is 2.68. The first-order valence-electron chi connectivity index (χ1n) is 8.71. The lowest BCUT2D eigenvalue weighted by molar-refractivity contribution is 0.417. The molecule has 0 fully saturated rings. The van der Waals surface area contributed by atoms with Gasteiger partial charge < -0.3 is 9.47 Å². The lowest BCUT2D eigenvalue weighted by atomic mass is 10.1. The maximum Gasteiger partial charge on any atom is 0.127 e. The van der Waals surface area contributed by atoms with Crippen LogP contribution >= 0.6 is 7.92 Å². The van der Waals surface area contributed by atoms with E-state index in [2.05, 4.69) is 57.2 Å². The molecule has 0 unspecified atom stereocenters. The van der Waals surface area contributed by atoms with Gasteiger partial charge in [-0.05, 0) is 62.8 Å². The Balaban J connectivity index is 2.32. The molecule has 0 spiro atoms. The summed E-state index contributed by atoms with van der Waals surface area (Å²) in [6.45, 7) is 6.59. The molecule has 3 aromatic carbocycles. The number of hydrogen-bond donors (Lipinski definition) is 0. The zero-order valence-electron chi connectivity index (χ0n) is 16.0. The average Bonchev–Trinajstić information content (AvgIpc) is 2.68. The predicted molar refractivity (Wildman–Crippen MR) is 112 cm³/mol. The zero-order chi connectivity index (χ0) is 18.7. The lowest BCUT2D eigenvalue weighted by Crippen LogP contribution is -2.25. The summed E-state index contributed by atoms with van der Waals surface area (Å²) in [4.78, 5) is 0. The summed E-state index contributed by atoms with van der Waals surface area (Å²) in [6.07, 6.45) is 0. The molecular weight excluding hydrogens is 339 g/mol. The second kappa shape index (κ2) is 7.93. The van der Waals surface area contributed by atoms with Crippen LogP contribution in [0.2, 0.25) is 0 Å². The molecule has 0 radical (unpaired) electrons. The average molecular weight is 364 g/mol. The quantitative estimate of drug-likeness (QED) is 0.625. The van der Waals surface area contributed by atoms with Crippen molar-refractivity contribution in [1.29, 1.82) is 0 Å². The molecule has 0 atom stereocenters. The van der Waals surface area contributed by atoms with Gasteiger partial charge in [0.1, 0.15) is 11.5 Å². The van der Waals surface area contributed by atoms with Crippen LogP contribution in [-0.2, 0) is 0 Å². The summed E-state index contributed by atoms with van der Waals surface area (Å²) in [6, 6.07) is 21.1. The van der Waals surface area contributed by atoms with Crippen molar-refractivity contribution < 1.29 is 9.47 Å². The number of methoxy groups -OCH3 is 2. The van der Waals surface area contributed by atoms with Crippen LogP contribution in [0.3, 0.4) is 0 Å². The Bertz CT molecular complexity index is 870. The molecule has 0 amide bonds. The van der Waals surface area contributed by atoms with E-state index < -0.39 is 7.92 Å². The molecule has 3 aromatic rings. The van der Waals surface area contributed by atoms with Crippen molar-refractivity contribution in [1.82, 2.24) is 0 Å². The normalized spacial score (nSPS) is 10.8. The molecule has 0 aliphatic carbocycles. The molecule has 0 aliphatic heterocycles. The Morgan fingerprint density at radius 1 is 0.577 bits per heavy atom. The van der Waals surface area contributed by atoms with Gasteiger partial charge in [-0.2, -0.15) is 0 Å². The standard InChI is InChI=1S/C23H25O2P/c1-16-14-15-21(18(3)17(16)2)26(22-12-8-6-10-19(22)24-4)23-13-9-7-11-20(23)25-5/h6-15H,1-5H3. The fourth-order valence-corrected chi connectivity index (χ4v) is 5.95. The van der Waals surface area contributed by atoms with E-state index in [1.54, 1.807) is 14.2 Å². The second-order valence-corrected chi connectivity index (χ2v) is 8.45. The van der Waals surface area contributed by atoms with Gasteiger partial charge in [0.15, 0.2) is 0 Å². The number of hydrogen-bond acceptors (Lipinski definition) is 2. The van der Waals surface area contributed by atoms with Gasteiger partial charge >= 0.3 is 0 Å². The Labute approximate surface area is 157 Å². The van der Waals surface area contributed by atoms with Gasteiger partial charge in [-0.15, -0.1) is 0 Å². The third-order valence-corrected chi connectivity index (χ3v) is 7.59. The van der Waals surface area contributed by atoms with Crippen molar-refractivity contribution in [2.45, 2.75) is 20.8 Å². The molecular formula is C23H25O2P. The summed E-state index contributed by atoms with van der Waals surface area (Å²) < 4.78 is 11.4. The van der Waals surface area contributed by atoms with E-state index in [0.29, 0.717) is 0 Å². The molecule has 0 N–H and O–H groups in total. The molecule has 0 aliphatic rings. The van der Waals surface area contributed by atoms with E-state index >= 15 is 0 Å². The molecule has 0 saturated carbocycles. The molecule has 0 bridgehead atoms. The molecule has 134 valence electrons. The van der Waals surface area contributed by atoms with Crippen molar-refractivity contribution in [2.24, 2.45) is 0 Å². The van der Waals surface area contributed by atoms with E-state index in [1.807, 2.05) is 24.3 Å². The highest BCUT2D eigenvalue weighted by molar-refractivity contribution is 7.80. The first-order valence-corrected chi connectivity index (χ1v) is 10.1. The number of aryl methyl sites for hydroxylation is 1. The number of rotatable bonds is 5. The summed E-state index contributed by atoms with van der Waals surface area (Å²) in [5.41, 5.74) is 4.01. The fraction of sp³-hybridized carbons (Fsp3) is 0.217. The second-order valence-electron chi connectivity index (χ2n) is 6.33. The van der Waals surface area contributed by atoms with Crippen molar-refractivity contribution >= 4 is 23.8 Å². The van der Waals surface area contributed by atoms with E-state index in [0.717, 1.165) is 11.5 Å². The van der Waals surface area contributed by atoms with Crippen molar-refractivity contribution in [3.8, 4) is 11.5 Å². The minimum absolute atomic E-state index is 0.799. The lowest BCUT2D eigenvalue weighted by Gasteiger charge is -2.25. The van der Waals surface area contributed by atoms with E-state index in [-0.39, 0.29) is 0 Å². The van der Waals surface area contributed by atoms with Gasteiger partial charge in [0, 0.05) is 10.6 Å². The highest BCUT2D eigenvalue weighted by atomic mass is 31.1. The highest BCUT2D eigenvalue weighted by Crippen LogP contribution is 2.40. The minimum atomic E-state index is -0.799. The van der Waals surface area contributed by atoms with Gasteiger partial charge in [0.05, 0.1) is 14.2 Å². The largest absolute Gasteiger partial charge is 0.496 e. The van der Waals surface area contributed by atoms with Crippen LogP contribution in [0.15, 0.2) is 60.7 Å². The maximum absolute atomic E-state index is 5.71. The molecule has 0 aromatic heterocycles. The van der Waals surface area contributed by atoms with Gasteiger partial charge in [-0.3, -0.25) is 0 Å². The van der Waals surface area contributed by atoms with Crippen LogP contribution in [0.4, 0.5) is 0 Å². The van der Waals surface area contributed by atoms with Crippen molar-refractivity contribution in [2.75, 3.05) is 14.2 Å². The van der Waals surface area contributed by atoms with E-state index in [1.165, 1.54) is 32.6 Å². The Kier molecular flexibility index (Phi) is 5.64. The molecule has 3 heteroatoms. The molecule has 3 rings (SSSR count). The topological polar surface area (TPSA) is 18.5 Å². The Morgan fingerprint density at radius 3 is 1.58 bits per heavy atom. The number of benzene rings is 3. The van der Waals surface area contributed by atoms with Crippen LogP contribution in [0.5, 0.6) is 11.5 Å². The monoisotopic (exact) mass is 364 g/mol. The Hall–Kier alpha value is -2.31.